The Kier molecular flexibility index (Phi) is 5.97. The molecule has 0 bridgehead atoms. The Morgan fingerprint density at radius 1 is 1.23 bits per heavy atom. The minimum absolute atomic E-state index is 0.224. The van der Waals surface area contributed by atoms with Crippen LogP contribution in [0.25, 0.3) is 11.6 Å². The Labute approximate surface area is 150 Å². The molecule has 2 aromatic heterocycles. The molecule has 1 aromatic carbocycles. The van der Waals surface area contributed by atoms with Crippen molar-refractivity contribution in [2.24, 2.45) is 4.99 Å². The largest absolute Gasteiger partial charge is 0.461 e. The van der Waals surface area contributed by atoms with Crippen molar-refractivity contribution < 1.29 is 8.81 Å². The molecular formula is C18H21FN6O. The van der Waals surface area contributed by atoms with E-state index in [-0.39, 0.29) is 5.82 Å². The molecule has 0 aliphatic carbocycles. The second-order valence-electron chi connectivity index (χ2n) is 5.58. The Hall–Kier alpha value is -3.16. The Morgan fingerprint density at radius 3 is 2.81 bits per heavy atom. The molecule has 136 valence electrons. The molecule has 0 fully saturated rings. The highest BCUT2D eigenvalue weighted by Crippen LogP contribution is 2.14. The van der Waals surface area contributed by atoms with Crippen molar-refractivity contribution in [1.29, 1.82) is 0 Å². The van der Waals surface area contributed by atoms with Crippen LogP contribution in [0.5, 0.6) is 0 Å². The first kappa shape index (κ1) is 17.7. The molecule has 0 amide bonds. The van der Waals surface area contributed by atoms with Crippen LogP contribution in [-0.2, 0) is 13.0 Å². The van der Waals surface area contributed by atoms with Gasteiger partial charge in [0, 0.05) is 13.1 Å². The lowest BCUT2D eigenvalue weighted by molar-refractivity contribution is 0.577. The van der Waals surface area contributed by atoms with Crippen LogP contribution in [0.2, 0.25) is 0 Å². The van der Waals surface area contributed by atoms with E-state index in [4.69, 9.17) is 4.42 Å². The summed E-state index contributed by atoms with van der Waals surface area (Å²) in [6.07, 6.45) is 2.35. The van der Waals surface area contributed by atoms with Gasteiger partial charge in [0.15, 0.2) is 11.7 Å². The van der Waals surface area contributed by atoms with Crippen molar-refractivity contribution in [1.82, 2.24) is 25.8 Å². The molecule has 3 rings (SSSR count). The molecule has 0 saturated heterocycles. The van der Waals surface area contributed by atoms with Crippen molar-refractivity contribution in [3.63, 3.8) is 0 Å². The highest BCUT2D eigenvalue weighted by atomic mass is 19.1. The maximum absolute atomic E-state index is 12.9. The lowest BCUT2D eigenvalue weighted by Gasteiger charge is -2.10. The second kappa shape index (κ2) is 8.80. The topological polar surface area (TPSA) is 91.1 Å². The molecular weight excluding hydrogens is 335 g/mol. The summed E-state index contributed by atoms with van der Waals surface area (Å²) >= 11 is 0. The summed E-state index contributed by atoms with van der Waals surface area (Å²) in [7, 11) is 0. The number of guanidine groups is 1. The van der Waals surface area contributed by atoms with E-state index in [0.29, 0.717) is 36.5 Å². The summed E-state index contributed by atoms with van der Waals surface area (Å²) in [5, 5.41) is 13.4. The number of benzene rings is 1. The quantitative estimate of drug-likeness (QED) is 0.447. The fraction of sp³-hybridized carbons (Fsp3) is 0.278. The molecule has 0 unspecified atom stereocenters. The van der Waals surface area contributed by atoms with Gasteiger partial charge in [-0.2, -0.15) is 0 Å². The molecule has 0 aliphatic heterocycles. The van der Waals surface area contributed by atoms with E-state index in [0.717, 1.165) is 18.5 Å². The summed E-state index contributed by atoms with van der Waals surface area (Å²) in [4.78, 5) is 8.86. The number of aromatic nitrogens is 3. The molecule has 26 heavy (non-hydrogen) atoms. The number of rotatable bonds is 7. The van der Waals surface area contributed by atoms with Crippen LogP contribution in [0, 0.1) is 5.82 Å². The van der Waals surface area contributed by atoms with Crippen molar-refractivity contribution in [3.8, 4) is 11.6 Å². The SMILES string of the molecule is CCNC(=NCc1nc(-c2ccco2)n[nH]1)NCCc1ccc(F)cc1. The molecule has 0 aliphatic rings. The first-order valence-electron chi connectivity index (χ1n) is 8.46. The number of H-pyrrole nitrogens is 1. The van der Waals surface area contributed by atoms with Crippen molar-refractivity contribution >= 4 is 5.96 Å². The van der Waals surface area contributed by atoms with Crippen LogP contribution in [0.3, 0.4) is 0 Å². The zero-order valence-corrected chi connectivity index (χ0v) is 14.5. The zero-order chi connectivity index (χ0) is 18.2. The van der Waals surface area contributed by atoms with Gasteiger partial charge >= 0.3 is 0 Å². The third kappa shape index (κ3) is 4.92. The summed E-state index contributed by atoms with van der Waals surface area (Å²) in [6, 6.07) is 10.1. The molecule has 7 nitrogen and oxygen atoms in total. The van der Waals surface area contributed by atoms with Gasteiger partial charge in [-0.05, 0) is 43.2 Å². The lowest BCUT2D eigenvalue weighted by atomic mass is 10.1. The average Bonchev–Trinajstić information content (AvgIpc) is 3.33. The fourth-order valence-corrected chi connectivity index (χ4v) is 2.35. The minimum Gasteiger partial charge on any atom is -0.461 e. The number of aromatic amines is 1. The van der Waals surface area contributed by atoms with Crippen molar-refractivity contribution in [2.45, 2.75) is 19.9 Å². The number of halogens is 1. The van der Waals surface area contributed by atoms with E-state index in [1.165, 1.54) is 12.1 Å². The average molecular weight is 356 g/mol. The maximum atomic E-state index is 12.9. The fourth-order valence-electron chi connectivity index (χ4n) is 2.35. The summed E-state index contributed by atoms with van der Waals surface area (Å²) in [5.74, 6) is 2.23. The van der Waals surface area contributed by atoms with Crippen LogP contribution < -0.4 is 10.6 Å². The van der Waals surface area contributed by atoms with E-state index in [2.05, 4.69) is 30.8 Å². The van der Waals surface area contributed by atoms with Gasteiger partial charge in [-0.15, -0.1) is 5.10 Å². The monoisotopic (exact) mass is 356 g/mol. The molecule has 3 aromatic rings. The number of furan rings is 1. The van der Waals surface area contributed by atoms with Crippen molar-refractivity contribution in [3.05, 3.63) is 59.9 Å². The first-order valence-corrected chi connectivity index (χ1v) is 8.46. The summed E-state index contributed by atoms with van der Waals surface area (Å²) in [6.45, 7) is 3.79. The molecule has 8 heteroatoms. The Bertz CT molecular complexity index is 826. The van der Waals surface area contributed by atoms with Gasteiger partial charge < -0.3 is 15.1 Å². The van der Waals surface area contributed by atoms with E-state index >= 15 is 0 Å². The van der Waals surface area contributed by atoms with Crippen LogP contribution in [-0.4, -0.2) is 34.2 Å². The minimum atomic E-state index is -0.224. The van der Waals surface area contributed by atoms with Gasteiger partial charge in [-0.1, -0.05) is 12.1 Å². The van der Waals surface area contributed by atoms with Crippen LogP contribution in [0.15, 0.2) is 52.1 Å². The zero-order valence-electron chi connectivity index (χ0n) is 14.5. The van der Waals surface area contributed by atoms with Gasteiger partial charge in [0.1, 0.15) is 18.2 Å². The summed E-state index contributed by atoms with van der Waals surface area (Å²) in [5.41, 5.74) is 1.06. The number of nitrogens with one attached hydrogen (secondary N) is 3. The molecule has 0 saturated carbocycles. The molecule has 3 N–H and O–H groups in total. The third-order valence-corrected chi connectivity index (χ3v) is 3.62. The molecule has 0 spiro atoms. The maximum Gasteiger partial charge on any atom is 0.216 e. The normalized spacial score (nSPS) is 11.5. The van der Waals surface area contributed by atoms with Gasteiger partial charge in [0.25, 0.3) is 0 Å². The van der Waals surface area contributed by atoms with E-state index < -0.39 is 0 Å². The third-order valence-electron chi connectivity index (χ3n) is 3.62. The molecule has 0 radical (unpaired) electrons. The van der Waals surface area contributed by atoms with Gasteiger partial charge in [0.05, 0.1) is 6.26 Å². The van der Waals surface area contributed by atoms with Crippen LogP contribution in [0.1, 0.15) is 18.3 Å². The number of aliphatic imine (C=N–C) groups is 1. The number of hydrogen-bond acceptors (Lipinski definition) is 4. The summed E-state index contributed by atoms with van der Waals surface area (Å²) < 4.78 is 18.2. The van der Waals surface area contributed by atoms with E-state index in [1.807, 2.05) is 6.92 Å². The van der Waals surface area contributed by atoms with E-state index in [1.54, 1.807) is 30.5 Å². The highest BCUT2D eigenvalue weighted by Gasteiger charge is 2.08. The lowest BCUT2D eigenvalue weighted by Crippen LogP contribution is -2.38. The Balaban J connectivity index is 1.54. The molecule has 0 atom stereocenters. The van der Waals surface area contributed by atoms with Gasteiger partial charge in [0.2, 0.25) is 5.82 Å². The first-order chi connectivity index (χ1) is 12.7. The second-order valence-corrected chi connectivity index (χ2v) is 5.58. The highest BCUT2D eigenvalue weighted by molar-refractivity contribution is 5.79. The number of nitrogens with zero attached hydrogens (tertiary/aromatic N) is 3. The van der Waals surface area contributed by atoms with Gasteiger partial charge in [-0.25, -0.2) is 14.4 Å². The van der Waals surface area contributed by atoms with Crippen LogP contribution in [0.4, 0.5) is 4.39 Å². The molecule has 2 heterocycles. The van der Waals surface area contributed by atoms with Crippen molar-refractivity contribution in [2.75, 3.05) is 13.1 Å². The standard InChI is InChI=1S/C18H21FN6O/c1-2-20-18(21-10-9-13-5-7-14(19)8-6-13)22-12-16-23-17(25-24-16)15-4-3-11-26-15/h3-8,11H,2,9-10,12H2,1H3,(H2,20,21,22)(H,23,24,25). The van der Waals surface area contributed by atoms with Gasteiger partial charge in [-0.3, -0.25) is 5.10 Å². The predicted octanol–water partition coefficient (Wildman–Crippen LogP) is 2.50. The van der Waals surface area contributed by atoms with E-state index in [9.17, 15) is 4.39 Å². The predicted molar refractivity (Wildman–Crippen MR) is 97.0 cm³/mol. The van der Waals surface area contributed by atoms with Crippen LogP contribution >= 0.6 is 0 Å². The Morgan fingerprint density at radius 2 is 2.08 bits per heavy atom. The number of hydrogen-bond donors (Lipinski definition) is 3. The smallest absolute Gasteiger partial charge is 0.216 e.